The molecule has 0 aliphatic carbocycles. The fourth-order valence-corrected chi connectivity index (χ4v) is 4.41. The van der Waals surface area contributed by atoms with Crippen molar-refractivity contribution in [2.24, 2.45) is 5.92 Å². The van der Waals surface area contributed by atoms with Gasteiger partial charge in [0.2, 0.25) is 0 Å². The van der Waals surface area contributed by atoms with Crippen LogP contribution in [0.2, 0.25) is 0 Å². The molecule has 42 heavy (non-hydrogen) atoms. The van der Waals surface area contributed by atoms with Gasteiger partial charge in [-0.25, -0.2) is 26.3 Å². The number of ether oxygens (including phenoxy) is 3. The molecule has 0 N–H and O–H groups in total. The molecule has 3 nitrogen and oxygen atoms in total. The average molecular weight is 592 g/mol. The highest BCUT2D eigenvalue weighted by Gasteiger charge is 2.41. The molecule has 0 bridgehead atoms. The summed E-state index contributed by atoms with van der Waals surface area (Å²) in [5, 5.41) is 0. The zero-order chi connectivity index (χ0) is 30.2. The van der Waals surface area contributed by atoms with E-state index in [-0.39, 0.29) is 23.6 Å². The Kier molecular flexibility index (Phi) is 8.07. The van der Waals surface area contributed by atoms with Crippen LogP contribution in [0.4, 0.5) is 35.1 Å². The number of alkyl halides is 2. The third kappa shape index (κ3) is 5.88. The molecule has 218 valence electrons. The van der Waals surface area contributed by atoms with E-state index >= 15 is 4.39 Å². The third-order valence-corrected chi connectivity index (χ3v) is 6.59. The van der Waals surface area contributed by atoms with Gasteiger partial charge in [0.25, 0.3) is 0 Å². The number of hydrogen-bond acceptors (Lipinski definition) is 3. The van der Waals surface area contributed by atoms with E-state index in [1.807, 2.05) is 0 Å². The van der Waals surface area contributed by atoms with Crippen LogP contribution in [0.3, 0.4) is 0 Å². The van der Waals surface area contributed by atoms with Crippen LogP contribution in [0.1, 0.15) is 17.4 Å². The first kappa shape index (κ1) is 29.3. The summed E-state index contributed by atoms with van der Waals surface area (Å²) >= 11 is 0. The molecule has 1 fully saturated rings. The molecule has 1 saturated heterocycles. The van der Waals surface area contributed by atoms with Crippen molar-refractivity contribution in [2.75, 3.05) is 13.2 Å². The quantitative estimate of drug-likeness (QED) is 0.122. The summed E-state index contributed by atoms with van der Waals surface area (Å²) in [6.07, 6.45) is -3.57. The first-order valence-electron chi connectivity index (χ1n) is 12.4. The van der Waals surface area contributed by atoms with Gasteiger partial charge in [0.15, 0.2) is 23.7 Å². The standard InChI is InChI=1S/C31H20F8O3/c1-2-16-14-40-30(41-15-16)18-5-3-17(4-6-18)19-7-8-22(23(32)9-19)20-10-24(33)28(25(34)11-20)31(38,39)42-21-12-26(35)29(37)27(36)13-21/h2-13,16,30H,1,14-15H2. The maximum atomic E-state index is 15.1. The lowest BCUT2D eigenvalue weighted by Crippen LogP contribution is -2.25. The summed E-state index contributed by atoms with van der Waals surface area (Å²) in [5.41, 5.74) is -0.780. The second-order valence-electron chi connectivity index (χ2n) is 9.45. The molecular formula is C31H20F8O3. The number of hydrogen-bond donors (Lipinski definition) is 0. The molecule has 1 aliphatic rings. The Labute approximate surface area is 234 Å². The van der Waals surface area contributed by atoms with Crippen molar-refractivity contribution in [3.63, 3.8) is 0 Å². The molecule has 0 radical (unpaired) electrons. The van der Waals surface area contributed by atoms with E-state index < -0.39 is 64.2 Å². The first-order chi connectivity index (χ1) is 20.0. The van der Waals surface area contributed by atoms with Gasteiger partial charge in [-0.2, -0.15) is 8.78 Å². The second-order valence-corrected chi connectivity index (χ2v) is 9.45. The smallest absolute Gasteiger partial charge is 0.429 e. The molecule has 1 heterocycles. The lowest BCUT2D eigenvalue weighted by Gasteiger charge is -2.28. The predicted octanol–water partition coefficient (Wildman–Crippen LogP) is 8.83. The SMILES string of the molecule is C=CC1COC(c2ccc(-c3ccc(-c4cc(F)c(C(F)(F)Oc5cc(F)c(F)c(F)c5)c(F)c4)c(F)c3)cc2)OC1. The van der Waals surface area contributed by atoms with Crippen LogP contribution in [-0.4, -0.2) is 13.2 Å². The zero-order valence-corrected chi connectivity index (χ0v) is 21.5. The molecule has 4 aromatic carbocycles. The minimum atomic E-state index is -4.76. The molecule has 0 spiro atoms. The van der Waals surface area contributed by atoms with Crippen LogP contribution in [0.5, 0.6) is 5.75 Å². The van der Waals surface area contributed by atoms with Gasteiger partial charge in [0, 0.05) is 29.2 Å². The van der Waals surface area contributed by atoms with Crippen molar-refractivity contribution in [3.8, 4) is 28.0 Å². The Morgan fingerprint density at radius 3 is 1.79 bits per heavy atom. The van der Waals surface area contributed by atoms with Crippen molar-refractivity contribution < 1.29 is 49.3 Å². The van der Waals surface area contributed by atoms with Gasteiger partial charge in [-0.15, -0.1) is 6.58 Å². The minimum absolute atomic E-state index is 0.0941. The molecule has 1 aliphatic heterocycles. The van der Waals surface area contributed by atoms with Gasteiger partial charge < -0.3 is 14.2 Å². The van der Waals surface area contributed by atoms with E-state index in [0.717, 1.165) is 11.6 Å². The average Bonchev–Trinajstić information content (AvgIpc) is 2.95. The van der Waals surface area contributed by atoms with Gasteiger partial charge in [-0.05, 0) is 34.9 Å². The van der Waals surface area contributed by atoms with E-state index in [2.05, 4.69) is 11.3 Å². The van der Waals surface area contributed by atoms with Crippen LogP contribution < -0.4 is 4.74 Å². The lowest BCUT2D eigenvalue weighted by molar-refractivity contribution is -0.197. The minimum Gasteiger partial charge on any atom is -0.429 e. The first-order valence-corrected chi connectivity index (χ1v) is 12.4. The van der Waals surface area contributed by atoms with Gasteiger partial charge in [-0.1, -0.05) is 42.5 Å². The summed E-state index contributed by atoms with van der Waals surface area (Å²) in [6.45, 7) is 4.63. The highest BCUT2D eigenvalue weighted by molar-refractivity contribution is 5.71. The summed E-state index contributed by atoms with van der Waals surface area (Å²) in [5.74, 6) is -11.3. The van der Waals surface area contributed by atoms with E-state index in [4.69, 9.17) is 9.47 Å². The molecule has 5 rings (SSSR count). The summed E-state index contributed by atoms with van der Waals surface area (Å²) in [4.78, 5) is 0. The van der Waals surface area contributed by atoms with Crippen molar-refractivity contribution in [1.82, 2.24) is 0 Å². The Hall–Kier alpha value is -4.22. The van der Waals surface area contributed by atoms with E-state index in [1.54, 1.807) is 30.3 Å². The van der Waals surface area contributed by atoms with Crippen molar-refractivity contribution in [3.05, 3.63) is 125 Å². The highest BCUT2D eigenvalue weighted by Crippen LogP contribution is 2.38. The van der Waals surface area contributed by atoms with E-state index in [1.165, 1.54) is 12.1 Å². The third-order valence-electron chi connectivity index (χ3n) is 6.59. The molecule has 0 unspecified atom stereocenters. The summed E-state index contributed by atoms with van der Waals surface area (Å²) in [6, 6.07) is 11.9. The fraction of sp³-hybridized carbons (Fsp3) is 0.161. The lowest BCUT2D eigenvalue weighted by atomic mass is 9.97. The Balaban J connectivity index is 1.36. The molecule has 0 aromatic heterocycles. The van der Waals surface area contributed by atoms with Crippen molar-refractivity contribution >= 4 is 0 Å². The number of halogens is 8. The summed E-state index contributed by atoms with van der Waals surface area (Å²) in [7, 11) is 0. The molecule has 4 aromatic rings. The van der Waals surface area contributed by atoms with Gasteiger partial charge >= 0.3 is 6.11 Å². The molecule has 0 atom stereocenters. The monoisotopic (exact) mass is 592 g/mol. The molecule has 0 amide bonds. The Bertz CT molecular complexity index is 1580. The maximum absolute atomic E-state index is 15.1. The summed E-state index contributed by atoms with van der Waals surface area (Å²) < 4.78 is 129. The zero-order valence-electron chi connectivity index (χ0n) is 21.5. The Morgan fingerprint density at radius 2 is 1.24 bits per heavy atom. The van der Waals surface area contributed by atoms with E-state index in [9.17, 15) is 30.7 Å². The molecule has 0 saturated carbocycles. The predicted molar refractivity (Wildman–Crippen MR) is 136 cm³/mol. The van der Waals surface area contributed by atoms with Crippen LogP contribution in [0, 0.1) is 40.8 Å². The van der Waals surface area contributed by atoms with Crippen LogP contribution in [0.25, 0.3) is 22.3 Å². The normalized spacial score (nSPS) is 17.2. The largest absolute Gasteiger partial charge is 0.432 e. The number of benzene rings is 4. The Morgan fingerprint density at radius 1 is 0.690 bits per heavy atom. The molecule has 11 heteroatoms. The van der Waals surface area contributed by atoms with Crippen LogP contribution in [-0.2, 0) is 15.6 Å². The number of rotatable bonds is 7. The highest BCUT2D eigenvalue weighted by atomic mass is 19.3. The van der Waals surface area contributed by atoms with Gasteiger partial charge in [0.1, 0.15) is 28.8 Å². The van der Waals surface area contributed by atoms with Crippen molar-refractivity contribution in [2.45, 2.75) is 12.4 Å². The maximum Gasteiger partial charge on any atom is 0.432 e. The van der Waals surface area contributed by atoms with Gasteiger partial charge in [-0.3, -0.25) is 0 Å². The van der Waals surface area contributed by atoms with Crippen LogP contribution >= 0.6 is 0 Å². The van der Waals surface area contributed by atoms with Crippen molar-refractivity contribution in [1.29, 1.82) is 0 Å². The topological polar surface area (TPSA) is 27.7 Å². The van der Waals surface area contributed by atoms with Crippen LogP contribution in [0.15, 0.2) is 79.4 Å². The second kappa shape index (κ2) is 11.6. The van der Waals surface area contributed by atoms with E-state index in [0.29, 0.717) is 36.5 Å². The fourth-order valence-electron chi connectivity index (χ4n) is 4.41. The molecular weight excluding hydrogens is 572 g/mol. The van der Waals surface area contributed by atoms with Gasteiger partial charge in [0.05, 0.1) is 13.2 Å².